The van der Waals surface area contributed by atoms with E-state index < -0.39 is 0 Å². The highest BCUT2D eigenvalue weighted by Gasteiger charge is 2.19. The Hall–Kier alpha value is -7.64. The maximum Gasteiger partial charge on any atom is 0.164 e. The van der Waals surface area contributed by atoms with Crippen LogP contribution in [0.1, 0.15) is 0 Å². The Morgan fingerprint density at radius 3 is 0.964 bits per heavy atom. The molecule has 7 nitrogen and oxygen atoms in total. The molecule has 55 heavy (non-hydrogen) atoms. The van der Waals surface area contributed by atoms with Crippen LogP contribution in [0.3, 0.4) is 0 Å². The first-order valence-electron chi connectivity index (χ1n) is 18.1. The largest absolute Gasteiger partial charge is 0.309 e. The number of nitrogens with zero attached hydrogens (tertiary/aromatic N) is 7. The standard InChI is InChI=1S/C48H31N7/c1-4-16-32(17-5-1)43-49-44(33-18-6-2-7-19-33)52-47(51-43)39-24-10-11-25-40(39)48-53-45(34-20-8-3-9-21-34)50-46(54-48)35-28-30-36(31-29-35)55-41-26-14-12-22-37(41)38-23-13-15-27-42(38)55/h1-31H. The van der Waals surface area contributed by atoms with Gasteiger partial charge in [-0.25, -0.2) is 29.9 Å². The minimum absolute atomic E-state index is 0.522. The van der Waals surface area contributed by atoms with Gasteiger partial charge in [-0.3, -0.25) is 0 Å². The zero-order valence-corrected chi connectivity index (χ0v) is 29.5. The molecule has 0 amide bonds. The monoisotopic (exact) mass is 705 g/mol. The van der Waals surface area contributed by atoms with Gasteiger partial charge >= 0.3 is 0 Å². The molecule has 258 valence electrons. The Kier molecular flexibility index (Phi) is 8.00. The van der Waals surface area contributed by atoms with E-state index in [2.05, 4.69) is 77.4 Å². The van der Waals surface area contributed by atoms with Gasteiger partial charge in [-0.05, 0) is 36.4 Å². The van der Waals surface area contributed by atoms with Crippen LogP contribution in [0.4, 0.5) is 0 Å². The maximum absolute atomic E-state index is 5.14. The van der Waals surface area contributed by atoms with Crippen LogP contribution >= 0.6 is 0 Å². The third-order valence-electron chi connectivity index (χ3n) is 9.74. The molecule has 0 atom stereocenters. The molecule has 0 aliphatic rings. The van der Waals surface area contributed by atoms with Gasteiger partial charge in [0.15, 0.2) is 34.9 Å². The van der Waals surface area contributed by atoms with E-state index in [0.29, 0.717) is 34.9 Å². The van der Waals surface area contributed by atoms with Gasteiger partial charge in [-0.15, -0.1) is 0 Å². The van der Waals surface area contributed by atoms with Crippen LogP contribution in [0.15, 0.2) is 188 Å². The lowest BCUT2D eigenvalue weighted by Gasteiger charge is -2.13. The van der Waals surface area contributed by atoms with Crippen molar-refractivity contribution in [2.45, 2.75) is 0 Å². The van der Waals surface area contributed by atoms with Crippen molar-refractivity contribution < 1.29 is 0 Å². The van der Waals surface area contributed by atoms with Crippen molar-refractivity contribution >= 4 is 21.8 Å². The van der Waals surface area contributed by atoms with Gasteiger partial charge in [-0.2, -0.15) is 0 Å². The number of hydrogen-bond acceptors (Lipinski definition) is 6. The highest BCUT2D eigenvalue weighted by atomic mass is 15.1. The number of hydrogen-bond donors (Lipinski definition) is 0. The SMILES string of the molecule is c1ccc(-c2nc(-c3ccccc3)nc(-c3ccccc3-c3nc(-c4ccccc4)nc(-c4ccc(-n5c6ccccc6c6ccccc65)cc4)n3)n2)cc1. The molecule has 3 aromatic heterocycles. The van der Waals surface area contributed by atoms with Crippen molar-refractivity contribution in [1.29, 1.82) is 0 Å². The normalized spacial score (nSPS) is 11.3. The quantitative estimate of drug-likeness (QED) is 0.164. The smallest absolute Gasteiger partial charge is 0.164 e. The summed E-state index contributed by atoms with van der Waals surface area (Å²) in [7, 11) is 0. The Balaban J connectivity index is 1.12. The lowest BCUT2D eigenvalue weighted by molar-refractivity contribution is 1.06. The fourth-order valence-electron chi connectivity index (χ4n) is 7.10. The van der Waals surface area contributed by atoms with Crippen LogP contribution in [0.25, 0.3) is 95.8 Å². The molecule has 0 radical (unpaired) electrons. The number of para-hydroxylation sites is 2. The lowest BCUT2D eigenvalue weighted by atomic mass is 10.0. The van der Waals surface area contributed by atoms with Gasteiger partial charge in [-0.1, -0.05) is 152 Å². The van der Waals surface area contributed by atoms with Crippen LogP contribution in [-0.2, 0) is 0 Å². The first-order chi connectivity index (χ1) is 27.3. The van der Waals surface area contributed by atoms with Crippen LogP contribution in [-0.4, -0.2) is 34.5 Å². The fourth-order valence-corrected chi connectivity index (χ4v) is 7.10. The molecule has 0 N–H and O–H groups in total. The van der Waals surface area contributed by atoms with Crippen LogP contribution in [0.2, 0.25) is 0 Å². The van der Waals surface area contributed by atoms with E-state index in [0.717, 1.165) is 50.1 Å². The lowest BCUT2D eigenvalue weighted by Crippen LogP contribution is -2.03. The molecule has 0 aliphatic heterocycles. The Morgan fingerprint density at radius 1 is 0.255 bits per heavy atom. The molecule has 0 bridgehead atoms. The zero-order valence-electron chi connectivity index (χ0n) is 29.5. The molecule has 0 aliphatic carbocycles. The Bertz CT molecular complexity index is 2850. The highest BCUT2D eigenvalue weighted by Crippen LogP contribution is 2.35. The van der Waals surface area contributed by atoms with Gasteiger partial charge in [0.2, 0.25) is 0 Å². The molecule has 10 rings (SSSR count). The molecule has 3 heterocycles. The summed E-state index contributed by atoms with van der Waals surface area (Å²) in [6.45, 7) is 0. The Morgan fingerprint density at radius 2 is 0.564 bits per heavy atom. The molecular formula is C48H31N7. The van der Waals surface area contributed by atoms with E-state index in [1.54, 1.807) is 0 Å². The number of aromatic nitrogens is 7. The summed E-state index contributed by atoms with van der Waals surface area (Å²) in [6, 6.07) is 63.5. The van der Waals surface area contributed by atoms with Gasteiger partial charge in [0.1, 0.15) is 0 Å². The summed E-state index contributed by atoms with van der Waals surface area (Å²) < 4.78 is 2.31. The number of benzene rings is 7. The van der Waals surface area contributed by atoms with Gasteiger partial charge in [0.05, 0.1) is 11.0 Å². The average molecular weight is 706 g/mol. The second-order valence-corrected chi connectivity index (χ2v) is 13.2. The van der Waals surface area contributed by atoms with Crippen molar-refractivity contribution in [1.82, 2.24) is 34.5 Å². The number of rotatable bonds is 7. The van der Waals surface area contributed by atoms with Crippen molar-refractivity contribution in [2.24, 2.45) is 0 Å². The van der Waals surface area contributed by atoms with E-state index in [1.807, 2.05) is 115 Å². The molecule has 0 unspecified atom stereocenters. The van der Waals surface area contributed by atoms with Gasteiger partial charge in [0, 0.05) is 49.8 Å². The van der Waals surface area contributed by atoms with Gasteiger partial charge < -0.3 is 4.57 Å². The van der Waals surface area contributed by atoms with Crippen LogP contribution in [0.5, 0.6) is 0 Å². The third kappa shape index (κ3) is 5.99. The third-order valence-corrected chi connectivity index (χ3v) is 9.74. The van der Waals surface area contributed by atoms with Crippen LogP contribution < -0.4 is 0 Å². The summed E-state index contributed by atoms with van der Waals surface area (Å²) in [5, 5.41) is 2.45. The molecule has 0 spiro atoms. The molecule has 0 saturated carbocycles. The summed E-state index contributed by atoms with van der Waals surface area (Å²) in [6.07, 6.45) is 0. The number of fused-ring (bicyclic) bond motifs is 3. The van der Waals surface area contributed by atoms with E-state index in [1.165, 1.54) is 10.8 Å². The summed E-state index contributed by atoms with van der Waals surface area (Å²) >= 11 is 0. The topological polar surface area (TPSA) is 82.3 Å². The molecule has 7 aromatic carbocycles. The summed E-state index contributed by atoms with van der Waals surface area (Å²) in [5.41, 5.74) is 8.52. The van der Waals surface area contributed by atoms with Crippen molar-refractivity contribution in [3.8, 4) is 74.0 Å². The van der Waals surface area contributed by atoms with Gasteiger partial charge in [0.25, 0.3) is 0 Å². The predicted octanol–water partition coefficient (Wildman–Crippen LogP) is 11.2. The predicted molar refractivity (Wildman–Crippen MR) is 220 cm³/mol. The highest BCUT2D eigenvalue weighted by molar-refractivity contribution is 6.09. The molecule has 10 aromatic rings. The first kappa shape index (κ1) is 32.0. The second-order valence-electron chi connectivity index (χ2n) is 13.2. The molecule has 0 saturated heterocycles. The summed E-state index contributed by atoms with van der Waals surface area (Å²) in [4.78, 5) is 30.2. The summed E-state index contributed by atoms with van der Waals surface area (Å²) in [5.74, 6) is 3.37. The zero-order chi connectivity index (χ0) is 36.6. The molecular weight excluding hydrogens is 675 g/mol. The average Bonchev–Trinajstić information content (AvgIpc) is 3.61. The van der Waals surface area contributed by atoms with Crippen molar-refractivity contribution in [3.05, 3.63) is 188 Å². The van der Waals surface area contributed by atoms with Crippen molar-refractivity contribution in [3.63, 3.8) is 0 Å². The Labute approximate surface area is 317 Å². The van der Waals surface area contributed by atoms with E-state index in [-0.39, 0.29) is 0 Å². The maximum atomic E-state index is 5.14. The van der Waals surface area contributed by atoms with Crippen LogP contribution in [0, 0.1) is 0 Å². The van der Waals surface area contributed by atoms with Crippen molar-refractivity contribution in [2.75, 3.05) is 0 Å². The first-order valence-corrected chi connectivity index (χ1v) is 18.1. The molecule has 0 fully saturated rings. The second kappa shape index (κ2) is 13.7. The minimum atomic E-state index is 0.522. The molecule has 7 heteroatoms. The fraction of sp³-hybridized carbons (Fsp3) is 0. The van der Waals surface area contributed by atoms with E-state index in [9.17, 15) is 0 Å². The van der Waals surface area contributed by atoms with E-state index in [4.69, 9.17) is 29.9 Å². The minimum Gasteiger partial charge on any atom is -0.309 e. The van der Waals surface area contributed by atoms with E-state index >= 15 is 0 Å².